The van der Waals surface area contributed by atoms with Gasteiger partial charge < -0.3 is 9.47 Å². The van der Waals surface area contributed by atoms with Crippen LogP contribution in [0.4, 0.5) is 5.13 Å². The molecule has 1 N–H and O–H groups in total. The molecule has 0 radical (unpaired) electrons. The topological polar surface area (TPSA) is 60.5 Å². The first-order valence-electron chi connectivity index (χ1n) is 7.79. The van der Waals surface area contributed by atoms with Crippen molar-refractivity contribution >= 4 is 44.2 Å². The van der Waals surface area contributed by atoms with Crippen molar-refractivity contribution in [2.24, 2.45) is 0 Å². The standard InChI is InChI=1S/C18H17ClN2O3S/c1-3-7-24-12-6-4-5-11(8-12)17(22)21-18-20-14-9-13(19)15(23-2)10-16(14)25-18/h4-6,8-10H,3,7H2,1-2H3,(H,20,21,22). The highest BCUT2D eigenvalue weighted by molar-refractivity contribution is 7.22. The normalized spacial score (nSPS) is 10.7. The molecule has 0 aliphatic rings. The van der Waals surface area contributed by atoms with E-state index in [1.807, 2.05) is 19.1 Å². The van der Waals surface area contributed by atoms with E-state index in [9.17, 15) is 4.79 Å². The van der Waals surface area contributed by atoms with Crippen molar-refractivity contribution in [3.8, 4) is 11.5 Å². The van der Waals surface area contributed by atoms with Crippen molar-refractivity contribution in [1.82, 2.24) is 4.98 Å². The summed E-state index contributed by atoms with van der Waals surface area (Å²) in [5, 5.41) is 3.81. The summed E-state index contributed by atoms with van der Waals surface area (Å²) in [6, 6.07) is 10.6. The second-order valence-corrected chi connectivity index (χ2v) is 6.74. The van der Waals surface area contributed by atoms with Gasteiger partial charge in [-0.15, -0.1) is 0 Å². The summed E-state index contributed by atoms with van der Waals surface area (Å²) in [6.07, 6.45) is 0.911. The molecule has 1 heterocycles. The highest BCUT2D eigenvalue weighted by Gasteiger charge is 2.13. The zero-order valence-electron chi connectivity index (χ0n) is 13.8. The van der Waals surface area contributed by atoms with Crippen molar-refractivity contribution in [1.29, 1.82) is 0 Å². The van der Waals surface area contributed by atoms with Crippen molar-refractivity contribution in [2.45, 2.75) is 13.3 Å². The predicted molar refractivity (Wildman–Crippen MR) is 101 cm³/mol. The van der Waals surface area contributed by atoms with Crippen molar-refractivity contribution in [3.05, 3.63) is 47.0 Å². The lowest BCUT2D eigenvalue weighted by Gasteiger charge is -2.06. The number of nitrogens with one attached hydrogen (secondary N) is 1. The van der Waals surface area contributed by atoms with Gasteiger partial charge in [0.15, 0.2) is 5.13 Å². The number of benzene rings is 2. The highest BCUT2D eigenvalue weighted by Crippen LogP contribution is 2.34. The second kappa shape index (κ2) is 7.72. The maximum atomic E-state index is 12.5. The van der Waals surface area contributed by atoms with Crippen molar-refractivity contribution < 1.29 is 14.3 Å². The number of aromatic nitrogens is 1. The van der Waals surface area contributed by atoms with Gasteiger partial charge in [-0.3, -0.25) is 10.1 Å². The number of ether oxygens (including phenoxy) is 2. The number of anilines is 1. The van der Waals surface area contributed by atoms with Crippen molar-refractivity contribution in [2.75, 3.05) is 19.0 Å². The van der Waals surface area contributed by atoms with Crippen LogP contribution in [0.15, 0.2) is 36.4 Å². The molecule has 1 aromatic heterocycles. The summed E-state index contributed by atoms with van der Waals surface area (Å²) in [6.45, 7) is 2.65. The van der Waals surface area contributed by atoms with Crippen LogP contribution in [-0.2, 0) is 0 Å². The molecule has 3 aromatic rings. The monoisotopic (exact) mass is 376 g/mol. The molecular weight excluding hydrogens is 360 g/mol. The summed E-state index contributed by atoms with van der Waals surface area (Å²) in [4.78, 5) is 16.9. The van der Waals surface area contributed by atoms with Crippen LogP contribution in [0.1, 0.15) is 23.7 Å². The number of thiazole rings is 1. The molecule has 0 spiro atoms. The molecular formula is C18H17ClN2O3S. The van der Waals surface area contributed by atoms with E-state index < -0.39 is 0 Å². The Kier molecular flexibility index (Phi) is 5.40. The highest BCUT2D eigenvalue weighted by atomic mass is 35.5. The van der Waals surface area contributed by atoms with Crippen molar-refractivity contribution in [3.63, 3.8) is 0 Å². The van der Waals surface area contributed by atoms with Gasteiger partial charge in [0.1, 0.15) is 11.5 Å². The maximum absolute atomic E-state index is 12.5. The van der Waals surface area contributed by atoms with E-state index >= 15 is 0 Å². The van der Waals surface area contributed by atoms with Crippen LogP contribution in [0.25, 0.3) is 10.2 Å². The molecule has 0 fully saturated rings. The summed E-state index contributed by atoms with van der Waals surface area (Å²) < 4.78 is 11.7. The second-order valence-electron chi connectivity index (χ2n) is 5.30. The van der Waals surface area contributed by atoms with Crippen LogP contribution in [-0.4, -0.2) is 24.6 Å². The maximum Gasteiger partial charge on any atom is 0.257 e. The lowest BCUT2D eigenvalue weighted by atomic mass is 10.2. The SMILES string of the molecule is CCCOc1cccc(C(=O)Nc2nc3cc(Cl)c(OC)cc3s2)c1. The smallest absolute Gasteiger partial charge is 0.257 e. The Morgan fingerprint density at radius 1 is 1.32 bits per heavy atom. The minimum atomic E-state index is -0.237. The van der Waals surface area contributed by atoms with Gasteiger partial charge >= 0.3 is 0 Å². The first-order chi connectivity index (χ1) is 12.1. The van der Waals surface area contributed by atoms with Crippen LogP contribution in [0, 0.1) is 0 Å². The molecule has 0 bridgehead atoms. The predicted octanol–water partition coefficient (Wildman–Crippen LogP) is 5.00. The Hall–Kier alpha value is -2.31. The van der Waals surface area contributed by atoms with E-state index in [2.05, 4.69) is 10.3 Å². The molecule has 3 rings (SSSR count). The van der Waals surface area contributed by atoms with Gasteiger partial charge in [-0.05, 0) is 30.7 Å². The van der Waals surface area contributed by atoms with E-state index in [-0.39, 0.29) is 5.91 Å². The average molecular weight is 377 g/mol. The quantitative estimate of drug-likeness (QED) is 0.657. The third-order valence-electron chi connectivity index (χ3n) is 3.45. The van der Waals surface area contributed by atoms with E-state index in [4.69, 9.17) is 21.1 Å². The van der Waals surface area contributed by atoms with Crippen LogP contribution < -0.4 is 14.8 Å². The Balaban J connectivity index is 1.80. The van der Waals surface area contributed by atoms with Gasteiger partial charge in [-0.25, -0.2) is 4.98 Å². The van der Waals surface area contributed by atoms with Crippen LogP contribution >= 0.6 is 22.9 Å². The number of methoxy groups -OCH3 is 1. The number of fused-ring (bicyclic) bond motifs is 1. The number of nitrogens with zero attached hydrogens (tertiary/aromatic N) is 1. The number of hydrogen-bond acceptors (Lipinski definition) is 5. The number of hydrogen-bond donors (Lipinski definition) is 1. The van der Waals surface area contributed by atoms with Gasteiger partial charge in [0.05, 0.1) is 29.0 Å². The number of amides is 1. The molecule has 2 aromatic carbocycles. The average Bonchev–Trinajstić information content (AvgIpc) is 3.00. The zero-order valence-corrected chi connectivity index (χ0v) is 15.4. The van der Waals surface area contributed by atoms with Crippen LogP contribution in [0.5, 0.6) is 11.5 Å². The molecule has 25 heavy (non-hydrogen) atoms. The van der Waals surface area contributed by atoms with E-state index in [1.165, 1.54) is 11.3 Å². The Bertz CT molecular complexity index is 910. The van der Waals surface area contributed by atoms with Gasteiger partial charge in [-0.1, -0.05) is 35.9 Å². The zero-order chi connectivity index (χ0) is 17.8. The summed E-state index contributed by atoms with van der Waals surface area (Å²) in [5.41, 5.74) is 1.23. The Morgan fingerprint density at radius 3 is 2.92 bits per heavy atom. The van der Waals surface area contributed by atoms with E-state index in [0.29, 0.717) is 39.3 Å². The molecule has 0 aliphatic carbocycles. The molecule has 1 amide bonds. The van der Waals surface area contributed by atoms with Gasteiger partial charge in [0.2, 0.25) is 0 Å². The number of rotatable bonds is 6. The van der Waals surface area contributed by atoms with E-state index in [0.717, 1.165) is 11.1 Å². The summed E-state index contributed by atoms with van der Waals surface area (Å²) >= 11 is 7.48. The molecule has 0 saturated heterocycles. The minimum Gasteiger partial charge on any atom is -0.495 e. The molecule has 5 nitrogen and oxygen atoms in total. The molecule has 130 valence electrons. The Labute approximate surface area is 154 Å². The van der Waals surface area contributed by atoms with Gasteiger partial charge in [-0.2, -0.15) is 0 Å². The fraction of sp³-hybridized carbons (Fsp3) is 0.222. The van der Waals surface area contributed by atoms with Gasteiger partial charge in [0, 0.05) is 11.6 Å². The Morgan fingerprint density at radius 2 is 2.16 bits per heavy atom. The van der Waals surface area contributed by atoms with Gasteiger partial charge in [0.25, 0.3) is 5.91 Å². The molecule has 7 heteroatoms. The lowest BCUT2D eigenvalue weighted by molar-refractivity contribution is 0.102. The number of carbonyl (C=O) groups is 1. The largest absolute Gasteiger partial charge is 0.495 e. The molecule has 0 atom stereocenters. The van der Waals surface area contributed by atoms with Crippen LogP contribution in [0.3, 0.4) is 0 Å². The molecule has 0 saturated carbocycles. The first kappa shape index (κ1) is 17.5. The van der Waals surface area contributed by atoms with Crippen LogP contribution in [0.2, 0.25) is 5.02 Å². The minimum absolute atomic E-state index is 0.237. The van der Waals surface area contributed by atoms with E-state index in [1.54, 1.807) is 31.4 Å². The lowest BCUT2D eigenvalue weighted by Crippen LogP contribution is -2.11. The summed E-state index contributed by atoms with van der Waals surface area (Å²) in [7, 11) is 1.56. The molecule has 0 aliphatic heterocycles. The molecule has 0 unspecified atom stereocenters. The third-order valence-corrected chi connectivity index (χ3v) is 4.68. The number of halogens is 1. The third kappa shape index (κ3) is 4.03. The fourth-order valence-corrected chi connectivity index (χ4v) is 3.36. The number of carbonyl (C=O) groups excluding carboxylic acids is 1. The fourth-order valence-electron chi connectivity index (χ4n) is 2.26. The summed E-state index contributed by atoms with van der Waals surface area (Å²) in [5.74, 6) is 1.02. The first-order valence-corrected chi connectivity index (χ1v) is 8.98.